The number of nitrogens with zero attached hydrogens (tertiary/aromatic N) is 1. The third-order valence-corrected chi connectivity index (χ3v) is 3.80. The van der Waals surface area contributed by atoms with Gasteiger partial charge in [0.1, 0.15) is 0 Å². The van der Waals surface area contributed by atoms with Gasteiger partial charge in [-0.25, -0.2) is 0 Å². The molecule has 0 amide bonds. The molecule has 1 heterocycles. The smallest absolute Gasteiger partial charge is 0.191 e. The third kappa shape index (κ3) is 8.97. The second kappa shape index (κ2) is 9.29. The molecule has 1 aliphatic rings. The summed E-state index contributed by atoms with van der Waals surface area (Å²) in [5, 5.41) is 6.85. The molecule has 1 rings (SSSR count). The molecule has 2 N–H and O–H groups in total. The van der Waals surface area contributed by atoms with Crippen LogP contribution in [0.1, 0.15) is 66.7 Å². The van der Waals surface area contributed by atoms with Crippen LogP contribution in [0.5, 0.6) is 0 Å². The van der Waals surface area contributed by atoms with Crippen molar-refractivity contribution in [1.29, 1.82) is 0 Å². The second-order valence-corrected chi connectivity index (χ2v) is 7.33. The van der Waals surface area contributed by atoms with E-state index in [2.05, 4.69) is 50.2 Å². The Balaban J connectivity index is 2.32. The van der Waals surface area contributed by atoms with E-state index in [0.29, 0.717) is 17.6 Å². The number of hydrogen-bond donors (Lipinski definition) is 2. The van der Waals surface area contributed by atoms with E-state index in [0.717, 1.165) is 32.1 Å². The van der Waals surface area contributed by atoms with Crippen LogP contribution in [0.15, 0.2) is 4.99 Å². The fourth-order valence-corrected chi connectivity index (χ4v) is 2.47. The first-order valence-electron chi connectivity index (χ1n) is 8.57. The summed E-state index contributed by atoms with van der Waals surface area (Å²) in [6.45, 7) is 13.9. The van der Waals surface area contributed by atoms with E-state index in [1.807, 2.05) is 0 Å². The maximum atomic E-state index is 5.64. The Morgan fingerprint density at radius 1 is 1.38 bits per heavy atom. The number of nitrogens with one attached hydrogen (secondary N) is 2. The Bertz CT molecular complexity index is 304. The van der Waals surface area contributed by atoms with Gasteiger partial charge in [0.25, 0.3) is 0 Å². The summed E-state index contributed by atoms with van der Waals surface area (Å²) in [7, 11) is 0. The molecule has 21 heavy (non-hydrogen) atoms. The predicted molar refractivity (Wildman–Crippen MR) is 90.9 cm³/mol. The number of guanidine groups is 1. The predicted octanol–water partition coefficient (Wildman–Crippen LogP) is 3.33. The molecule has 2 unspecified atom stereocenters. The topological polar surface area (TPSA) is 45.7 Å². The minimum absolute atomic E-state index is 0.394. The molecule has 0 bridgehead atoms. The fraction of sp³-hybridized carbons (Fsp3) is 0.941. The van der Waals surface area contributed by atoms with Gasteiger partial charge in [0, 0.05) is 25.7 Å². The van der Waals surface area contributed by atoms with Gasteiger partial charge in [0.15, 0.2) is 5.96 Å². The Morgan fingerprint density at radius 3 is 2.71 bits per heavy atom. The molecule has 0 aromatic carbocycles. The maximum absolute atomic E-state index is 5.64. The van der Waals surface area contributed by atoms with Crippen molar-refractivity contribution in [3.8, 4) is 0 Å². The molecule has 4 heteroatoms. The molecule has 2 atom stereocenters. The molecule has 0 aromatic rings. The summed E-state index contributed by atoms with van der Waals surface area (Å²) in [4.78, 5) is 4.68. The van der Waals surface area contributed by atoms with Gasteiger partial charge in [-0.15, -0.1) is 0 Å². The van der Waals surface area contributed by atoms with Crippen molar-refractivity contribution in [3.63, 3.8) is 0 Å². The summed E-state index contributed by atoms with van der Waals surface area (Å²) in [6, 6.07) is 0.449. The first-order chi connectivity index (χ1) is 9.90. The van der Waals surface area contributed by atoms with Gasteiger partial charge in [-0.1, -0.05) is 20.8 Å². The maximum Gasteiger partial charge on any atom is 0.191 e. The molecule has 0 saturated carbocycles. The Labute approximate surface area is 131 Å². The van der Waals surface area contributed by atoms with Crippen molar-refractivity contribution in [1.82, 2.24) is 10.6 Å². The van der Waals surface area contributed by atoms with Crippen LogP contribution in [0.4, 0.5) is 0 Å². The van der Waals surface area contributed by atoms with Crippen LogP contribution in [0.25, 0.3) is 0 Å². The van der Waals surface area contributed by atoms with Gasteiger partial charge >= 0.3 is 0 Å². The highest BCUT2D eigenvalue weighted by Gasteiger charge is 2.15. The van der Waals surface area contributed by atoms with Crippen LogP contribution < -0.4 is 10.6 Å². The fourth-order valence-electron chi connectivity index (χ4n) is 2.47. The molecule has 0 aromatic heterocycles. The first kappa shape index (κ1) is 18.3. The molecule has 124 valence electrons. The SMILES string of the molecule is CCNC(=NCCC1CCCO1)NC(C)CCC(C)(C)C. The molecular weight excluding hydrogens is 262 g/mol. The lowest BCUT2D eigenvalue weighted by atomic mass is 9.89. The van der Waals surface area contributed by atoms with E-state index < -0.39 is 0 Å². The van der Waals surface area contributed by atoms with Crippen LogP contribution in [-0.2, 0) is 4.74 Å². The lowest BCUT2D eigenvalue weighted by Crippen LogP contribution is -2.42. The zero-order valence-corrected chi connectivity index (χ0v) is 14.7. The molecular formula is C17H35N3O. The van der Waals surface area contributed by atoms with E-state index in [9.17, 15) is 0 Å². The van der Waals surface area contributed by atoms with Crippen LogP contribution in [0.2, 0.25) is 0 Å². The zero-order valence-electron chi connectivity index (χ0n) is 14.7. The summed E-state index contributed by atoms with van der Waals surface area (Å²) < 4.78 is 5.64. The average Bonchev–Trinajstić information content (AvgIpc) is 2.89. The Hall–Kier alpha value is -0.770. The van der Waals surface area contributed by atoms with Gasteiger partial charge in [0.2, 0.25) is 0 Å². The quantitative estimate of drug-likeness (QED) is 0.560. The molecule has 4 nitrogen and oxygen atoms in total. The van der Waals surface area contributed by atoms with Crippen LogP contribution in [0.3, 0.4) is 0 Å². The minimum Gasteiger partial charge on any atom is -0.378 e. The van der Waals surface area contributed by atoms with Crippen LogP contribution in [-0.4, -0.2) is 37.8 Å². The van der Waals surface area contributed by atoms with Crippen LogP contribution in [0, 0.1) is 5.41 Å². The summed E-state index contributed by atoms with van der Waals surface area (Å²) in [6.07, 6.45) is 6.25. The van der Waals surface area contributed by atoms with Crippen LogP contribution >= 0.6 is 0 Å². The van der Waals surface area contributed by atoms with Gasteiger partial charge in [0.05, 0.1) is 6.10 Å². The number of aliphatic imine (C=N–C) groups is 1. The van der Waals surface area contributed by atoms with E-state index in [1.165, 1.54) is 25.7 Å². The van der Waals surface area contributed by atoms with Crippen molar-refractivity contribution < 1.29 is 4.74 Å². The minimum atomic E-state index is 0.394. The standard InChI is InChI=1S/C17H35N3O/c1-6-18-16(19-12-10-15-8-7-13-21-15)20-14(2)9-11-17(3,4)5/h14-15H,6-13H2,1-5H3,(H2,18,19,20). The number of rotatable bonds is 7. The van der Waals surface area contributed by atoms with Gasteiger partial charge in [-0.3, -0.25) is 4.99 Å². The van der Waals surface area contributed by atoms with Gasteiger partial charge in [-0.2, -0.15) is 0 Å². The highest BCUT2D eigenvalue weighted by Crippen LogP contribution is 2.21. The van der Waals surface area contributed by atoms with Crippen molar-refractivity contribution >= 4 is 5.96 Å². The van der Waals surface area contributed by atoms with E-state index in [4.69, 9.17) is 4.74 Å². The molecule has 0 radical (unpaired) electrons. The second-order valence-electron chi connectivity index (χ2n) is 7.33. The molecule has 1 aliphatic heterocycles. The lowest BCUT2D eigenvalue weighted by molar-refractivity contribution is 0.106. The lowest BCUT2D eigenvalue weighted by Gasteiger charge is -2.23. The van der Waals surface area contributed by atoms with Gasteiger partial charge < -0.3 is 15.4 Å². The van der Waals surface area contributed by atoms with Gasteiger partial charge in [-0.05, 0) is 51.4 Å². The monoisotopic (exact) mass is 297 g/mol. The highest BCUT2D eigenvalue weighted by molar-refractivity contribution is 5.80. The molecule has 0 spiro atoms. The van der Waals surface area contributed by atoms with Crippen molar-refractivity contribution in [2.24, 2.45) is 10.4 Å². The first-order valence-corrected chi connectivity index (χ1v) is 8.57. The van der Waals surface area contributed by atoms with E-state index in [-0.39, 0.29) is 0 Å². The Kier molecular flexibility index (Phi) is 8.09. The number of hydrogen-bond acceptors (Lipinski definition) is 2. The molecule has 0 aliphatic carbocycles. The van der Waals surface area contributed by atoms with E-state index >= 15 is 0 Å². The number of ether oxygens (including phenoxy) is 1. The average molecular weight is 297 g/mol. The zero-order chi connectivity index (χ0) is 15.7. The normalized spacial score (nSPS) is 21.4. The third-order valence-electron chi connectivity index (χ3n) is 3.80. The van der Waals surface area contributed by atoms with Crippen molar-refractivity contribution in [2.75, 3.05) is 19.7 Å². The summed E-state index contributed by atoms with van der Waals surface area (Å²) >= 11 is 0. The molecule has 1 saturated heterocycles. The largest absolute Gasteiger partial charge is 0.378 e. The van der Waals surface area contributed by atoms with Crippen molar-refractivity contribution in [3.05, 3.63) is 0 Å². The molecule has 1 fully saturated rings. The summed E-state index contributed by atoms with van der Waals surface area (Å²) in [5.74, 6) is 0.942. The highest BCUT2D eigenvalue weighted by atomic mass is 16.5. The van der Waals surface area contributed by atoms with Crippen molar-refractivity contribution in [2.45, 2.75) is 78.9 Å². The Morgan fingerprint density at radius 2 is 2.14 bits per heavy atom. The summed E-state index contributed by atoms with van der Waals surface area (Å²) in [5.41, 5.74) is 0.394. The van der Waals surface area contributed by atoms with E-state index in [1.54, 1.807) is 0 Å².